The zero-order valence-electron chi connectivity index (χ0n) is 23.9. The average molecular weight is 576 g/mol. The fourth-order valence-electron chi connectivity index (χ4n) is 5.11. The number of benzene rings is 4. The third kappa shape index (κ3) is 5.78. The average Bonchev–Trinajstić information content (AvgIpc) is 3.57. The Balaban J connectivity index is 1.35. The largest absolute Gasteiger partial charge is 0.505 e. The number of aromatic nitrogens is 3. The Kier molecular flexibility index (Phi) is 7.31. The molecule has 0 fully saturated rings. The van der Waals surface area contributed by atoms with Gasteiger partial charge < -0.3 is 9.84 Å². The molecule has 216 valence electrons. The molecule has 0 bridgehead atoms. The maximum absolute atomic E-state index is 11.8. The van der Waals surface area contributed by atoms with Gasteiger partial charge in [-0.1, -0.05) is 43.0 Å². The molecule has 43 heavy (non-hydrogen) atoms. The van der Waals surface area contributed by atoms with E-state index in [2.05, 4.69) is 27.0 Å². The summed E-state index contributed by atoms with van der Waals surface area (Å²) >= 11 is 0. The van der Waals surface area contributed by atoms with Crippen molar-refractivity contribution in [2.45, 2.75) is 33.1 Å². The number of esters is 1. The molecule has 0 unspecified atom stereocenters. The minimum Gasteiger partial charge on any atom is -0.505 e. The minimum atomic E-state index is -0.933. The summed E-state index contributed by atoms with van der Waals surface area (Å²) in [5, 5.41) is 42.1. The molecule has 0 radical (unpaired) electrons. The molecule has 0 spiro atoms. The van der Waals surface area contributed by atoms with E-state index in [4.69, 9.17) is 4.74 Å². The Hall–Kier alpha value is -5.19. The van der Waals surface area contributed by atoms with Crippen LogP contribution >= 0.6 is 0 Å². The van der Waals surface area contributed by atoms with Crippen LogP contribution in [0.1, 0.15) is 35.6 Å². The number of carbonyl (C=O) groups is 1. The van der Waals surface area contributed by atoms with Gasteiger partial charge in [-0.3, -0.25) is 0 Å². The Morgan fingerprint density at radius 1 is 0.930 bits per heavy atom. The van der Waals surface area contributed by atoms with Crippen molar-refractivity contribution in [1.82, 2.24) is 19.9 Å². The number of phenols is 1. The Bertz CT molecular complexity index is 1950. The molecule has 2 heterocycles. The van der Waals surface area contributed by atoms with Crippen LogP contribution in [0.4, 0.5) is 5.69 Å². The summed E-state index contributed by atoms with van der Waals surface area (Å²) in [5.41, 5.74) is 6.06. The van der Waals surface area contributed by atoms with E-state index >= 15 is 0 Å². The van der Waals surface area contributed by atoms with Crippen LogP contribution in [0, 0.1) is 6.92 Å². The summed E-state index contributed by atoms with van der Waals surface area (Å²) in [6.07, 6.45) is 1.54. The van der Waals surface area contributed by atoms with Gasteiger partial charge in [-0.2, -0.15) is 5.21 Å². The number of hydrogen-bond donors (Lipinski definition) is 2. The smallest absolute Gasteiger partial charge is 0.333 e. The number of carbonyl (C=O) groups excluding carboxylic acids is 1. The van der Waals surface area contributed by atoms with Crippen LogP contribution in [-0.4, -0.2) is 37.9 Å². The van der Waals surface area contributed by atoms with Crippen molar-refractivity contribution in [2.24, 2.45) is 10.2 Å². The van der Waals surface area contributed by atoms with Crippen molar-refractivity contribution >= 4 is 22.7 Å². The fourth-order valence-corrected chi connectivity index (χ4v) is 5.11. The van der Waals surface area contributed by atoms with E-state index in [9.17, 15) is 15.1 Å². The van der Waals surface area contributed by atoms with Gasteiger partial charge in [0.1, 0.15) is 22.5 Å². The molecule has 6 rings (SSSR count). The number of hydrogen-bond acceptors (Lipinski definition) is 8. The fraction of sp³-hybridized carbons (Fsp3) is 0.182. The van der Waals surface area contributed by atoms with E-state index in [1.807, 2.05) is 85.8 Å². The van der Waals surface area contributed by atoms with Crippen LogP contribution in [0.5, 0.6) is 5.75 Å². The first-order valence-corrected chi connectivity index (χ1v) is 14.0. The van der Waals surface area contributed by atoms with Crippen LogP contribution in [0.3, 0.4) is 0 Å². The van der Waals surface area contributed by atoms with Gasteiger partial charge in [-0.25, -0.2) is 4.79 Å². The van der Waals surface area contributed by atoms with Crippen molar-refractivity contribution in [3.05, 3.63) is 124 Å². The van der Waals surface area contributed by atoms with E-state index in [1.54, 1.807) is 6.92 Å². The third-order valence-electron chi connectivity index (χ3n) is 7.16. The highest BCUT2D eigenvalue weighted by atomic mass is 16.6. The molecule has 10 nitrogen and oxygen atoms in total. The lowest BCUT2D eigenvalue weighted by Crippen LogP contribution is -2.32. The normalized spacial score (nSPS) is 13.3. The molecule has 0 saturated carbocycles. The topological polar surface area (TPSA) is 122 Å². The molecule has 4 aromatic carbocycles. The lowest BCUT2D eigenvalue weighted by Gasteiger charge is -2.16. The predicted molar refractivity (Wildman–Crippen MR) is 161 cm³/mol. The number of aromatic hydroxyl groups is 1. The van der Waals surface area contributed by atoms with Gasteiger partial charge in [-0.15, -0.1) is 15.0 Å². The number of nitrogens with zero attached hydrogens (tertiary/aromatic N) is 6. The number of aryl methyl sites for hydroxylation is 2. The lowest BCUT2D eigenvalue weighted by atomic mass is 9.97. The van der Waals surface area contributed by atoms with Gasteiger partial charge >= 0.3 is 5.97 Å². The van der Waals surface area contributed by atoms with Gasteiger partial charge in [0.05, 0.1) is 11.5 Å². The molecule has 0 saturated heterocycles. The van der Waals surface area contributed by atoms with Crippen molar-refractivity contribution < 1.29 is 19.8 Å². The van der Waals surface area contributed by atoms with E-state index in [-0.39, 0.29) is 12.4 Å². The predicted octanol–water partition coefficient (Wildman–Crippen LogP) is 4.56. The monoisotopic (exact) mass is 575 g/mol. The van der Waals surface area contributed by atoms with Gasteiger partial charge in [-0.05, 0) is 83.9 Å². The molecule has 10 heteroatoms. The lowest BCUT2D eigenvalue weighted by molar-refractivity contribution is -0.139. The molecule has 0 aliphatic carbocycles. The zero-order chi connectivity index (χ0) is 30.1. The number of quaternary nitrogens is 1. The molecule has 2 N–H and O–H groups in total. The van der Waals surface area contributed by atoms with Gasteiger partial charge in [0.2, 0.25) is 5.69 Å². The van der Waals surface area contributed by atoms with Crippen LogP contribution in [0.25, 0.3) is 16.7 Å². The van der Waals surface area contributed by atoms with E-state index in [0.29, 0.717) is 63.5 Å². The number of fused-ring (bicyclic) bond motifs is 2. The van der Waals surface area contributed by atoms with Crippen molar-refractivity contribution in [3.63, 3.8) is 0 Å². The van der Waals surface area contributed by atoms with Crippen LogP contribution in [0.15, 0.2) is 101 Å². The summed E-state index contributed by atoms with van der Waals surface area (Å²) in [7, 11) is 0. The van der Waals surface area contributed by atoms with Gasteiger partial charge in [0.25, 0.3) is 0 Å². The number of ether oxygens (including phenoxy) is 1. The Morgan fingerprint density at radius 2 is 1.58 bits per heavy atom. The SMILES string of the molecule is C=C(C)C(=O)OCCCc1cc(Cc2cc(C)cc([N+]3(O)N=c4ccccc4=N3)c2)c(O)c(-n2nc3ccccc3n2)c1. The van der Waals surface area contributed by atoms with Gasteiger partial charge in [0.15, 0.2) is 10.7 Å². The minimum absolute atomic E-state index is 0.0525. The highest BCUT2D eigenvalue weighted by molar-refractivity contribution is 5.86. The standard InChI is InChI=1S/C33H30N6O4/c1-21(2)33(41)43-14-8-9-23-17-25(32(40)31(20-23)38-34-27-10-4-5-11-28(27)35-38)18-24-15-22(3)16-26(19-24)39(42)36-29-12-6-7-13-30(29)37-39/h4-7,10-13,15-17,19-20,42H,1,8-9,14,18H2,2-3H3/p+1. The number of rotatable bonds is 9. The summed E-state index contributed by atoms with van der Waals surface area (Å²) in [5.74, 6) is -0.365. The Labute approximate surface area is 247 Å². The highest BCUT2D eigenvalue weighted by Crippen LogP contribution is 2.33. The molecule has 5 aromatic rings. The number of phenolic OH excluding ortho intramolecular Hbond substituents is 1. The Morgan fingerprint density at radius 3 is 2.23 bits per heavy atom. The molecule has 0 amide bonds. The molecular formula is C33H31N6O4+. The first-order chi connectivity index (χ1) is 20.7. The van der Waals surface area contributed by atoms with E-state index < -0.39 is 10.8 Å². The van der Waals surface area contributed by atoms with Crippen LogP contribution < -0.4 is 15.6 Å². The van der Waals surface area contributed by atoms with Crippen LogP contribution in [0.2, 0.25) is 0 Å². The first kappa shape index (κ1) is 28.0. The second-order valence-electron chi connectivity index (χ2n) is 10.7. The molecule has 1 aliphatic heterocycles. The van der Waals surface area contributed by atoms with E-state index in [1.165, 1.54) is 4.80 Å². The maximum atomic E-state index is 11.8. The van der Waals surface area contributed by atoms with Crippen molar-refractivity contribution in [1.29, 1.82) is 0 Å². The van der Waals surface area contributed by atoms with Crippen molar-refractivity contribution in [2.75, 3.05) is 6.61 Å². The second kappa shape index (κ2) is 11.2. The third-order valence-corrected chi connectivity index (χ3v) is 7.16. The summed E-state index contributed by atoms with van der Waals surface area (Å²) in [6.45, 7) is 7.42. The molecule has 0 atom stereocenters. The van der Waals surface area contributed by atoms with Crippen molar-refractivity contribution in [3.8, 4) is 11.4 Å². The highest BCUT2D eigenvalue weighted by Gasteiger charge is 2.34. The zero-order valence-corrected chi connectivity index (χ0v) is 23.9. The maximum Gasteiger partial charge on any atom is 0.333 e. The van der Waals surface area contributed by atoms with Gasteiger partial charge in [0, 0.05) is 29.7 Å². The summed E-state index contributed by atoms with van der Waals surface area (Å²) in [6, 6.07) is 24.3. The summed E-state index contributed by atoms with van der Waals surface area (Å²) in [4.78, 5) is 12.3. The second-order valence-corrected chi connectivity index (χ2v) is 10.7. The van der Waals surface area contributed by atoms with E-state index in [0.717, 1.165) is 16.7 Å². The molecular weight excluding hydrogens is 544 g/mol. The molecule has 1 aromatic heterocycles. The molecule has 1 aliphatic rings. The summed E-state index contributed by atoms with van der Waals surface area (Å²) < 4.78 is 5.28. The first-order valence-electron chi connectivity index (χ1n) is 14.0. The van der Waals surface area contributed by atoms with Crippen LogP contribution in [-0.2, 0) is 22.4 Å². The quantitative estimate of drug-likeness (QED) is 0.115.